The molecule has 1 radical (unpaired) electrons. The Morgan fingerprint density at radius 3 is 2.30 bits per heavy atom. The molecule has 1 N–H and O–H groups in total. The van der Waals surface area contributed by atoms with Gasteiger partial charge in [0.15, 0.2) is 0 Å². The van der Waals surface area contributed by atoms with Crippen LogP contribution in [0.4, 0.5) is 0 Å². The molecule has 0 heterocycles. The van der Waals surface area contributed by atoms with E-state index < -0.39 is 0 Å². The van der Waals surface area contributed by atoms with Crippen molar-refractivity contribution in [3.8, 4) is 0 Å². The quantitative estimate of drug-likeness (QED) is 0.631. The highest BCUT2D eigenvalue weighted by Gasteiger charge is 2.02. The summed E-state index contributed by atoms with van der Waals surface area (Å²) in [4.78, 5) is 10.4. The summed E-state index contributed by atoms with van der Waals surface area (Å²) in [5, 5.41) is 2.70. The molecule has 2 nitrogen and oxygen atoms in total. The molecule has 0 aliphatic rings. The summed E-state index contributed by atoms with van der Waals surface area (Å²) in [6.45, 7) is 8.26. The van der Waals surface area contributed by atoms with Gasteiger partial charge in [-0.3, -0.25) is 4.79 Å². The Labute approximate surface area is 63.0 Å². The fourth-order valence-electron chi connectivity index (χ4n) is 0.836. The molecule has 0 aliphatic carbocycles. The summed E-state index contributed by atoms with van der Waals surface area (Å²) >= 11 is 0. The van der Waals surface area contributed by atoms with E-state index >= 15 is 0 Å². The van der Waals surface area contributed by atoms with Gasteiger partial charge in [0.2, 0.25) is 5.91 Å². The molecule has 0 aromatic rings. The number of hydrogen-bond donors (Lipinski definition) is 1. The maximum atomic E-state index is 10.4. The zero-order chi connectivity index (χ0) is 7.98. The molecule has 0 aromatic heterocycles. The van der Waals surface area contributed by atoms with E-state index in [1.54, 1.807) is 0 Å². The molecule has 10 heavy (non-hydrogen) atoms. The van der Waals surface area contributed by atoms with E-state index in [2.05, 4.69) is 26.1 Å². The molecule has 0 spiro atoms. The van der Waals surface area contributed by atoms with Gasteiger partial charge in [-0.25, -0.2) is 0 Å². The second kappa shape index (κ2) is 5.27. The monoisotopic (exact) mass is 142 g/mol. The fourth-order valence-corrected chi connectivity index (χ4v) is 0.836. The van der Waals surface area contributed by atoms with Crippen molar-refractivity contribution in [2.45, 2.75) is 26.7 Å². The summed E-state index contributed by atoms with van der Waals surface area (Å²) in [5.74, 6) is 0.442. The van der Waals surface area contributed by atoms with Crippen molar-refractivity contribution in [1.82, 2.24) is 5.32 Å². The van der Waals surface area contributed by atoms with Gasteiger partial charge in [-0.2, -0.15) is 0 Å². The van der Waals surface area contributed by atoms with Crippen molar-refractivity contribution in [1.29, 1.82) is 0 Å². The highest BCUT2D eigenvalue weighted by molar-refractivity contribution is 5.79. The standard InChI is InChI=1S/C8H16NO/c1-4-8(5-2)6-9-7(3)10/h8H,3-6H2,1-2H3,(H,9,10). The first kappa shape index (κ1) is 9.47. The molecule has 0 aromatic carbocycles. The summed E-state index contributed by atoms with van der Waals surface area (Å²) < 4.78 is 0. The summed E-state index contributed by atoms with van der Waals surface area (Å²) in [6.07, 6.45) is 2.24. The first-order valence-corrected chi connectivity index (χ1v) is 3.80. The lowest BCUT2D eigenvalue weighted by Gasteiger charge is -2.11. The number of nitrogens with one attached hydrogen (secondary N) is 1. The predicted molar refractivity (Wildman–Crippen MR) is 42.4 cm³/mol. The van der Waals surface area contributed by atoms with Crippen molar-refractivity contribution in [2.24, 2.45) is 5.92 Å². The van der Waals surface area contributed by atoms with Crippen LogP contribution in [0, 0.1) is 12.8 Å². The minimum atomic E-state index is -0.174. The Bertz CT molecular complexity index is 97.4. The van der Waals surface area contributed by atoms with Gasteiger partial charge in [0.05, 0.1) is 0 Å². The molecule has 2 heteroatoms. The van der Waals surface area contributed by atoms with Gasteiger partial charge in [-0.1, -0.05) is 26.7 Å². The van der Waals surface area contributed by atoms with Crippen molar-refractivity contribution < 1.29 is 4.79 Å². The van der Waals surface area contributed by atoms with Crippen LogP contribution in [0.2, 0.25) is 0 Å². The zero-order valence-electron chi connectivity index (χ0n) is 6.81. The lowest BCUT2D eigenvalue weighted by Crippen LogP contribution is -2.26. The Hall–Kier alpha value is -0.530. The molecule has 59 valence electrons. The molecule has 0 unspecified atom stereocenters. The average Bonchev–Trinajstić information content (AvgIpc) is 1.90. The molecule has 0 aliphatic heterocycles. The molecule has 0 bridgehead atoms. The van der Waals surface area contributed by atoms with Crippen LogP contribution in [0.15, 0.2) is 0 Å². The van der Waals surface area contributed by atoms with Crippen LogP contribution in [-0.4, -0.2) is 12.5 Å². The van der Waals surface area contributed by atoms with Crippen LogP contribution in [-0.2, 0) is 4.79 Å². The Kier molecular flexibility index (Phi) is 4.99. The zero-order valence-corrected chi connectivity index (χ0v) is 6.81. The molecule has 0 rings (SSSR count). The molecule has 1 amide bonds. The van der Waals surface area contributed by atoms with E-state index in [1.165, 1.54) is 0 Å². The average molecular weight is 142 g/mol. The van der Waals surface area contributed by atoms with Crippen LogP contribution >= 0.6 is 0 Å². The van der Waals surface area contributed by atoms with E-state index in [4.69, 9.17) is 0 Å². The van der Waals surface area contributed by atoms with Crippen molar-refractivity contribution >= 4 is 5.91 Å². The third-order valence-corrected chi connectivity index (χ3v) is 1.74. The third kappa shape index (κ3) is 4.36. The minimum Gasteiger partial charge on any atom is -0.356 e. The summed E-state index contributed by atoms with van der Waals surface area (Å²) in [5.41, 5.74) is 0. The largest absolute Gasteiger partial charge is 0.356 e. The number of amides is 1. The van der Waals surface area contributed by atoms with Crippen LogP contribution in [0.1, 0.15) is 26.7 Å². The highest BCUT2D eigenvalue weighted by atomic mass is 16.1. The third-order valence-electron chi connectivity index (χ3n) is 1.74. The van der Waals surface area contributed by atoms with Crippen molar-refractivity contribution in [3.05, 3.63) is 6.92 Å². The molecule has 0 saturated carbocycles. The Morgan fingerprint density at radius 1 is 1.50 bits per heavy atom. The molecule has 0 fully saturated rings. The maximum Gasteiger partial charge on any atom is 0.220 e. The molecular weight excluding hydrogens is 126 g/mol. The lowest BCUT2D eigenvalue weighted by atomic mass is 10.0. The van der Waals surface area contributed by atoms with Gasteiger partial charge in [0, 0.05) is 13.5 Å². The Morgan fingerprint density at radius 2 is 2.00 bits per heavy atom. The van der Waals surface area contributed by atoms with E-state index in [-0.39, 0.29) is 5.91 Å². The van der Waals surface area contributed by atoms with Gasteiger partial charge in [0.1, 0.15) is 0 Å². The predicted octanol–water partition coefficient (Wildman–Crippen LogP) is 1.37. The summed E-state index contributed by atoms with van der Waals surface area (Å²) in [6, 6.07) is 0. The molecular formula is C8H16NO. The Balaban J connectivity index is 3.34. The van der Waals surface area contributed by atoms with Crippen LogP contribution in [0.5, 0.6) is 0 Å². The van der Waals surface area contributed by atoms with E-state index in [0.717, 1.165) is 19.4 Å². The maximum absolute atomic E-state index is 10.4. The highest BCUT2D eigenvalue weighted by Crippen LogP contribution is 2.04. The minimum absolute atomic E-state index is 0.174. The second-order valence-electron chi connectivity index (χ2n) is 2.49. The number of carbonyl (C=O) groups is 1. The number of rotatable bonds is 4. The smallest absolute Gasteiger partial charge is 0.220 e. The van der Waals surface area contributed by atoms with Gasteiger partial charge in [0.25, 0.3) is 0 Å². The van der Waals surface area contributed by atoms with Crippen LogP contribution in [0.25, 0.3) is 0 Å². The first-order valence-electron chi connectivity index (χ1n) is 3.80. The SMILES string of the molecule is [CH2]C(=O)NCC(CC)CC. The second-order valence-corrected chi connectivity index (χ2v) is 2.49. The fraction of sp³-hybridized carbons (Fsp3) is 0.750. The van der Waals surface area contributed by atoms with E-state index in [1.807, 2.05) is 0 Å². The van der Waals surface area contributed by atoms with E-state index in [0.29, 0.717) is 5.92 Å². The molecule has 0 atom stereocenters. The van der Waals surface area contributed by atoms with Crippen molar-refractivity contribution in [2.75, 3.05) is 6.54 Å². The van der Waals surface area contributed by atoms with Gasteiger partial charge in [-0.05, 0) is 5.92 Å². The van der Waals surface area contributed by atoms with Crippen LogP contribution < -0.4 is 5.32 Å². The van der Waals surface area contributed by atoms with Crippen LogP contribution in [0.3, 0.4) is 0 Å². The normalized spacial score (nSPS) is 10.0. The summed E-state index contributed by atoms with van der Waals surface area (Å²) in [7, 11) is 0. The van der Waals surface area contributed by atoms with E-state index in [9.17, 15) is 4.79 Å². The number of carbonyl (C=O) groups excluding carboxylic acids is 1. The number of hydrogen-bond acceptors (Lipinski definition) is 1. The van der Waals surface area contributed by atoms with Gasteiger partial charge < -0.3 is 5.32 Å². The lowest BCUT2D eigenvalue weighted by molar-refractivity contribution is -0.116. The van der Waals surface area contributed by atoms with Gasteiger partial charge >= 0.3 is 0 Å². The van der Waals surface area contributed by atoms with Gasteiger partial charge in [-0.15, -0.1) is 0 Å². The first-order chi connectivity index (χ1) is 4.70. The molecule has 0 saturated heterocycles. The topological polar surface area (TPSA) is 29.1 Å². The van der Waals surface area contributed by atoms with Crippen molar-refractivity contribution in [3.63, 3.8) is 0 Å².